The van der Waals surface area contributed by atoms with Crippen LogP contribution in [0.15, 0.2) is 22.8 Å². The molecule has 0 aliphatic heterocycles. The summed E-state index contributed by atoms with van der Waals surface area (Å²) >= 11 is 0. The first-order chi connectivity index (χ1) is 12.6. The number of nitriles is 1. The zero-order chi connectivity index (χ0) is 20.2. The number of hydrogen-bond acceptors (Lipinski definition) is 5. The van der Waals surface area contributed by atoms with Crippen molar-refractivity contribution in [1.29, 1.82) is 5.26 Å². The highest BCUT2D eigenvalue weighted by atomic mass is 16.5. The van der Waals surface area contributed by atoms with E-state index in [1.165, 1.54) is 0 Å². The monoisotopic (exact) mass is 371 g/mol. The highest BCUT2D eigenvalue weighted by molar-refractivity contribution is 5.93. The number of anilines is 1. The van der Waals surface area contributed by atoms with Gasteiger partial charge in [0.1, 0.15) is 17.6 Å². The van der Waals surface area contributed by atoms with Crippen molar-refractivity contribution in [3.8, 4) is 6.07 Å². The Hall–Kier alpha value is -3.01. The van der Waals surface area contributed by atoms with E-state index in [0.717, 1.165) is 11.3 Å². The zero-order valence-corrected chi connectivity index (χ0v) is 16.4. The lowest BCUT2D eigenvalue weighted by molar-refractivity contribution is -0.149. The van der Waals surface area contributed by atoms with Gasteiger partial charge < -0.3 is 19.0 Å². The average Bonchev–Trinajstić information content (AvgIpc) is 3.15. The maximum Gasteiger partial charge on any atom is 0.306 e. The Morgan fingerprint density at radius 1 is 1.33 bits per heavy atom. The smallest absolute Gasteiger partial charge is 0.306 e. The van der Waals surface area contributed by atoms with Crippen molar-refractivity contribution in [2.75, 3.05) is 11.9 Å². The molecule has 1 amide bonds. The third-order valence-corrected chi connectivity index (χ3v) is 4.13. The Balaban J connectivity index is 2.15. The largest absolute Gasteiger partial charge is 0.467 e. The van der Waals surface area contributed by atoms with Gasteiger partial charge in [0.15, 0.2) is 6.61 Å². The molecule has 2 heterocycles. The number of hydrogen-bond donors (Lipinski definition) is 1. The van der Waals surface area contributed by atoms with Crippen LogP contribution < -0.4 is 5.32 Å². The summed E-state index contributed by atoms with van der Waals surface area (Å²) in [7, 11) is 0. The first-order valence-corrected chi connectivity index (χ1v) is 8.70. The van der Waals surface area contributed by atoms with Crippen LogP contribution in [0.5, 0.6) is 0 Å². The number of nitrogens with one attached hydrogen (secondary N) is 1. The van der Waals surface area contributed by atoms with Crippen molar-refractivity contribution in [3.63, 3.8) is 0 Å². The number of esters is 1. The van der Waals surface area contributed by atoms with Crippen molar-refractivity contribution in [1.82, 2.24) is 4.57 Å². The fourth-order valence-electron chi connectivity index (χ4n) is 2.68. The Labute approximate surface area is 158 Å². The van der Waals surface area contributed by atoms with E-state index in [4.69, 9.17) is 9.15 Å². The minimum absolute atomic E-state index is 0.215. The summed E-state index contributed by atoms with van der Waals surface area (Å²) in [4.78, 5) is 24.1. The molecule has 2 rings (SSSR count). The van der Waals surface area contributed by atoms with Gasteiger partial charge >= 0.3 is 5.97 Å². The Morgan fingerprint density at radius 2 is 2.04 bits per heavy atom. The molecule has 7 nitrogen and oxygen atoms in total. The maximum absolute atomic E-state index is 12.3. The lowest BCUT2D eigenvalue weighted by atomic mass is 9.93. The molecule has 0 aliphatic rings. The Bertz CT molecular complexity index is 865. The van der Waals surface area contributed by atoms with E-state index < -0.39 is 18.5 Å². The van der Waals surface area contributed by atoms with Gasteiger partial charge in [-0.25, -0.2) is 0 Å². The van der Waals surface area contributed by atoms with Crippen LogP contribution in [-0.4, -0.2) is 23.1 Å². The predicted octanol–water partition coefficient (Wildman–Crippen LogP) is 3.54. The number of carbonyl (C=O) groups excluding carboxylic acids is 2. The maximum atomic E-state index is 12.3. The molecule has 144 valence electrons. The fraction of sp³-hybridized carbons (Fsp3) is 0.450. The molecule has 0 radical (unpaired) electrons. The molecule has 0 aromatic carbocycles. The summed E-state index contributed by atoms with van der Waals surface area (Å²) in [5, 5.41) is 12.2. The summed E-state index contributed by atoms with van der Waals surface area (Å²) in [5.41, 5.74) is 1.80. The van der Waals surface area contributed by atoms with Crippen molar-refractivity contribution in [2.24, 2.45) is 5.41 Å². The number of furan rings is 1. The molecular weight excluding hydrogens is 346 g/mol. The van der Waals surface area contributed by atoms with Gasteiger partial charge in [-0.2, -0.15) is 5.26 Å². The number of rotatable bonds is 6. The second-order valence-electron chi connectivity index (χ2n) is 7.66. The van der Waals surface area contributed by atoms with Gasteiger partial charge in [-0.3, -0.25) is 9.59 Å². The second-order valence-corrected chi connectivity index (χ2v) is 7.66. The van der Waals surface area contributed by atoms with Gasteiger partial charge in [-0.1, -0.05) is 20.8 Å². The van der Waals surface area contributed by atoms with Crippen LogP contribution in [0.2, 0.25) is 0 Å². The number of nitrogens with zero attached hydrogens (tertiary/aromatic N) is 2. The average molecular weight is 371 g/mol. The minimum Gasteiger partial charge on any atom is -0.467 e. The normalized spacial score (nSPS) is 11.1. The highest BCUT2D eigenvalue weighted by Gasteiger charge is 2.22. The van der Waals surface area contributed by atoms with Crippen LogP contribution in [0, 0.1) is 30.6 Å². The van der Waals surface area contributed by atoms with Crippen LogP contribution in [-0.2, 0) is 20.9 Å². The lowest BCUT2D eigenvalue weighted by Crippen LogP contribution is -2.24. The molecule has 0 fully saturated rings. The fourth-order valence-corrected chi connectivity index (χ4v) is 2.68. The Kier molecular flexibility index (Phi) is 6.11. The molecule has 0 atom stereocenters. The van der Waals surface area contributed by atoms with Crippen LogP contribution in [0.4, 0.5) is 5.82 Å². The number of carbonyl (C=O) groups is 2. The molecule has 0 saturated heterocycles. The highest BCUT2D eigenvalue weighted by Crippen LogP contribution is 2.27. The number of ether oxygens (including phenoxy) is 1. The van der Waals surface area contributed by atoms with Crippen molar-refractivity contribution >= 4 is 17.7 Å². The van der Waals surface area contributed by atoms with Crippen molar-refractivity contribution in [3.05, 3.63) is 41.0 Å². The number of aromatic nitrogens is 1. The summed E-state index contributed by atoms with van der Waals surface area (Å²) in [6, 6.07) is 5.73. The summed E-state index contributed by atoms with van der Waals surface area (Å²) in [6.45, 7) is 9.43. The predicted molar refractivity (Wildman–Crippen MR) is 100 cm³/mol. The van der Waals surface area contributed by atoms with Crippen LogP contribution in [0.25, 0.3) is 0 Å². The molecule has 0 saturated carbocycles. The zero-order valence-electron chi connectivity index (χ0n) is 16.4. The molecule has 0 unspecified atom stereocenters. The van der Waals surface area contributed by atoms with Gasteiger partial charge in [0.05, 0.1) is 24.8 Å². The van der Waals surface area contributed by atoms with Crippen molar-refractivity contribution in [2.45, 2.75) is 47.6 Å². The standard InChI is InChI=1S/C20H25N3O4/c1-13-14(2)23(11-15-7-6-8-26-15)19(16(13)10-21)22-17(24)12-27-18(25)9-20(3,4)5/h6-8H,9,11-12H2,1-5H3,(H,22,24). The molecule has 0 spiro atoms. The van der Waals surface area contributed by atoms with Gasteiger partial charge in [-0.15, -0.1) is 0 Å². The molecular formula is C20H25N3O4. The minimum atomic E-state index is -0.494. The SMILES string of the molecule is Cc1c(C#N)c(NC(=O)COC(=O)CC(C)(C)C)n(Cc2ccco2)c1C. The molecule has 1 N–H and O–H groups in total. The van der Waals surface area contributed by atoms with Crippen molar-refractivity contribution < 1.29 is 18.7 Å². The van der Waals surface area contributed by atoms with Crippen LogP contribution >= 0.6 is 0 Å². The Morgan fingerprint density at radius 3 is 2.59 bits per heavy atom. The molecule has 0 bridgehead atoms. The first kappa shape index (κ1) is 20.3. The van der Waals surface area contributed by atoms with E-state index in [-0.39, 0.29) is 11.8 Å². The third kappa shape index (κ3) is 5.23. The van der Waals surface area contributed by atoms with Gasteiger partial charge in [-0.05, 0) is 37.0 Å². The van der Waals surface area contributed by atoms with Crippen LogP contribution in [0.1, 0.15) is 49.8 Å². The van der Waals surface area contributed by atoms with E-state index in [9.17, 15) is 14.9 Å². The first-order valence-electron chi connectivity index (χ1n) is 8.70. The van der Waals surface area contributed by atoms with E-state index in [0.29, 0.717) is 23.7 Å². The number of amides is 1. The summed E-state index contributed by atoms with van der Waals surface area (Å²) in [6.07, 6.45) is 1.79. The third-order valence-electron chi connectivity index (χ3n) is 4.13. The van der Waals surface area contributed by atoms with E-state index >= 15 is 0 Å². The van der Waals surface area contributed by atoms with Gasteiger partial charge in [0.2, 0.25) is 0 Å². The quantitative estimate of drug-likeness (QED) is 0.783. The summed E-state index contributed by atoms with van der Waals surface area (Å²) < 4.78 is 12.2. The van der Waals surface area contributed by atoms with E-state index in [1.54, 1.807) is 12.3 Å². The van der Waals surface area contributed by atoms with E-state index in [1.807, 2.05) is 45.3 Å². The lowest BCUT2D eigenvalue weighted by Gasteiger charge is -2.16. The second kappa shape index (κ2) is 8.12. The molecule has 7 heteroatoms. The molecule has 27 heavy (non-hydrogen) atoms. The molecule has 2 aromatic rings. The molecule has 0 aliphatic carbocycles. The van der Waals surface area contributed by atoms with Gasteiger partial charge in [0.25, 0.3) is 5.91 Å². The van der Waals surface area contributed by atoms with Gasteiger partial charge in [0, 0.05) is 5.69 Å². The van der Waals surface area contributed by atoms with E-state index in [2.05, 4.69) is 11.4 Å². The van der Waals surface area contributed by atoms with Crippen LogP contribution in [0.3, 0.4) is 0 Å². The summed E-state index contributed by atoms with van der Waals surface area (Å²) in [5.74, 6) is 0.147. The topological polar surface area (TPSA) is 97.3 Å². The molecule has 2 aromatic heterocycles.